The summed E-state index contributed by atoms with van der Waals surface area (Å²) >= 11 is 0. The van der Waals surface area contributed by atoms with Gasteiger partial charge in [0.2, 0.25) is 5.69 Å². The lowest BCUT2D eigenvalue weighted by atomic mass is 9.85. The van der Waals surface area contributed by atoms with Crippen molar-refractivity contribution < 1.29 is 13.9 Å². The number of nitrogens with zero attached hydrogens (tertiary/aromatic N) is 1. The highest BCUT2D eigenvalue weighted by molar-refractivity contribution is 5.94. The van der Waals surface area contributed by atoms with E-state index in [-0.39, 0.29) is 5.69 Å². The molecule has 0 heterocycles. The number of halogens is 1. The number of benzene rings is 2. The summed E-state index contributed by atoms with van der Waals surface area (Å²) in [6.07, 6.45) is 3.66. The van der Waals surface area contributed by atoms with Crippen LogP contribution in [0.1, 0.15) is 33.5 Å². The molecule has 0 spiro atoms. The maximum Gasteiger partial charge on any atom is 0.337 e. The smallest absolute Gasteiger partial charge is 0.337 e. The second-order valence-corrected chi connectivity index (χ2v) is 5.27. The Balaban J connectivity index is 2.18. The highest BCUT2D eigenvalue weighted by Crippen LogP contribution is 2.38. The van der Waals surface area contributed by atoms with E-state index < -0.39 is 11.8 Å². The number of methoxy groups -OCH3 is 1. The Hall–Kier alpha value is -2.93. The lowest BCUT2D eigenvalue weighted by Gasteiger charge is -2.20. The van der Waals surface area contributed by atoms with Crippen LogP contribution < -0.4 is 0 Å². The fraction of sp³-hybridized carbons (Fsp3) is 0.158. The normalized spacial score (nSPS) is 12.8. The Morgan fingerprint density at radius 1 is 1.26 bits per heavy atom. The van der Waals surface area contributed by atoms with Crippen molar-refractivity contribution in [3.8, 4) is 0 Å². The molecule has 0 saturated carbocycles. The summed E-state index contributed by atoms with van der Waals surface area (Å²) in [6, 6.07) is 10.00. The predicted molar refractivity (Wildman–Crippen MR) is 85.8 cm³/mol. The lowest BCUT2D eigenvalue weighted by Crippen LogP contribution is -2.06. The molecule has 0 amide bonds. The maximum atomic E-state index is 13.9. The SMILES string of the molecule is [C-]#[N+]c1c(F)cccc1C1=CCCc2ccc(C(=O)OC)cc21. The molecule has 4 heteroatoms. The standard InChI is InChI=1S/C19H14FNO2/c1-21-18-15(7-4-8-17(18)20)14-6-3-5-12-9-10-13(11-16(12)14)19(22)23-2/h4,6-11H,3,5H2,2H3. The number of allylic oxidation sites excluding steroid dienone is 1. The molecule has 0 aliphatic heterocycles. The van der Waals surface area contributed by atoms with Gasteiger partial charge >= 0.3 is 5.97 Å². The first-order chi connectivity index (χ1) is 11.2. The van der Waals surface area contributed by atoms with Gasteiger partial charge in [0, 0.05) is 0 Å². The van der Waals surface area contributed by atoms with Gasteiger partial charge in [0.05, 0.1) is 19.2 Å². The molecule has 1 aliphatic rings. The molecular weight excluding hydrogens is 293 g/mol. The molecule has 0 unspecified atom stereocenters. The summed E-state index contributed by atoms with van der Waals surface area (Å²) in [5, 5.41) is 0. The number of esters is 1. The number of fused-ring (bicyclic) bond motifs is 1. The molecule has 114 valence electrons. The topological polar surface area (TPSA) is 30.7 Å². The first kappa shape index (κ1) is 15.0. The highest BCUT2D eigenvalue weighted by atomic mass is 19.1. The highest BCUT2D eigenvalue weighted by Gasteiger charge is 2.20. The van der Waals surface area contributed by atoms with Gasteiger partial charge in [-0.15, -0.1) is 0 Å². The van der Waals surface area contributed by atoms with Gasteiger partial charge in [0.15, 0.2) is 0 Å². The molecule has 0 fully saturated rings. The van der Waals surface area contributed by atoms with Crippen LogP contribution in [0.3, 0.4) is 0 Å². The molecule has 0 bridgehead atoms. The molecule has 0 saturated heterocycles. The van der Waals surface area contributed by atoms with Crippen LogP contribution in [-0.4, -0.2) is 13.1 Å². The summed E-state index contributed by atoms with van der Waals surface area (Å²) in [5.74, 6) is -0.947. The molecular formula is C19H14FNO2. The summed E-state index contributed by atoms with van der Waals surface area (Å²) in [5.41, 5.74) is 3.74. The summed E-state index contributed by atoms with van der Waals surface area (Å²) in [4.78, 5) is 15.1. The van der Waals surface area contributed by atoms with Crippen LogP contribution in [0.25, 0.3) is 10.4 Å². The van der Waals surface area contributed by atoms with E-state index in [2.05, 4.69) is 4.85 Å². The fourth-order valence-electron chi connectivity index (χ4n) is 2.87. The van der Waals surface area contributed by atoms with Crippen molar-refractivity contribution in [1.82, 2.24) is 0 Å². The minimum atomic E-state index is -0.533. The number of rotatable bonds is 2. The maximum absolute atomic E-state index is 13.9. The summed E-state index contributed by atoms with van der Waals surface area (Å²) in [6.45, 7) is 7.25. The van der Waals surface area contributed by atoms with Crippen LogP contribution in [-0.2, 0) is 11.2 Å². The fourth-order valence-corrected chi connectivity index (χ4v) is 2.87. The van der Waals surface area contributed by atoms with Crippen molar-refractivity contribution in [3.05, 3.63) is 82.0 Å². The van der Waals surface area contributed by atoms with Crippen molar-refractivity contribution in [2.24, 2.45) is 0 Å². The van der Waals surface area contributed by atoms with E-state index in [9.17, 15) is 9.18 Å². The van der Waals surface area contributed by atoms with Crippen LogP contribution in [0, 0.1) is 12.4 Å². The van der Waals surface area contributed by atoms with E-state index in [4.69, 9.17) is 11.3 Å². The zero-order valence-corrected chi connectivity index (χ0v) is 12.6. The second kappa shape index (κ2) is 6.05. The molecule has 2 aromatic rings. The van der Waals surface area contributed by atoms with Crippen LogP contribution in [0.5, 0.6) is 0 Å². The molecule has 3 nitrogen and oxygen atoms in total. The third-order valence-corrected chi connectivity index (χ3v) is 3.97. The Morgan fingerprint density at radius 3 is 2.83 bits per heavy atom. The van der Waals surface area contributed by atoms with E-state index in [1.165, 1.54) is 13.2 Å². The minimum Gasteiger partial charge on any atom is -0.465 e. The van der Waals surface area contributed by atoms with Crippen LogP contribution in [0.2, 0.25) is 0 Å². The summed E-state index contributed by atoms with van der Waals surface area (Å²) < 4.78 is 18.7. The third-order valence-electron chi connectivity index (χ3n) is 3.97. The van der Waals surface area contributed by atoms with Gasteiger partial charge in [-0.2, -0.15) is 0 Å². The third kappa shape index (κ3) is 2.62. The molecule has 0 atom stereocenters. The number of aryl methyl sites for hydroxylation is 1. The van der Waals surface area contributed by atoms with Gasteiger partial charge in [-0.25, -0.2) is 14.0 Å². The molecule has 0 radical (unpaired) electrons. The van der Waals surface area contributed by atoms with E-state index >= 15 is 0 Å². The molecule has 1 aliphatic carbocycles. The van der Waals surface area contributed by atoms with Gasteiger partial charge in [-0.1, -0.05) is 24.3 Å². The number of carbonyl (C=O) groups excluding carboxylic acids is 1. The Morgan fingerprint density at radius 2 is 2.09 bits per heavy atom. The van der Waals surface area contributed by atoms with E-state index in [1.54, 1.807) is 24.3 Å². The van der Waals surface area contributed by atoms with Gasteiger partial charge < -0.3 is 4.74 Å². The van der Waals surface area contributed by atoms with Crippen molar-refractivity contribution >= 4 is 17.2 Å². The molecule has 3 rings (SSSR count). The lowest BCUT2D eigenvalue weighted by molar-refractivity contribution is 0.0600. The van der Waals surface area contributed by atoms with Crippen molar-refractivity contribution in [2.45, 2.75) is 12.8 Å². The quantitative estimate of drug-likeness (QED) is 0.602. The van der Waals surface area contributed by atoms with Gasteiger partial charge in [-0.3, -0.25) is 0 Å². The van der Waals surface area contributed by atoms with E-state index in [0.29, 0.717) is 11.1 Å². The Kier molecular flexibility index (Phi) is 3.94. The molecule has 0 N–H and O–H groups in total. The number of hydrogen-bond donors (Lipinski definition) is 0. The monoisotopic (exact) mass is 307 g/mol. The first-order valence-electron chi connectivity index (χ1n) is 7.24. The van der Waals surface area contributed by atoms with Gasteiger partial charge in [-0.05, 0) is 53.3 Å². The zero-order chi connectivity index (χ0) is 16.4. The zero-order valence-electron chi connectivity index (χ0n) is 12.6. The van der Waals surface area contributed by atoms with Crippen LogP contribution >= 0.6 is 0 Å². The van der Waals surface area contributed by atoms with Crippen molar-refractivity contribution in [2.75, 3.05) is 7.11 Å². The second-order valence-electron chi connectivity index (χ2n) is 5.27. The summed E-state index contributed by atoms with van der Waals surface area (Å²) in [7, 11) is 1.34. The minimum absolute atomic E-state index is 0.00933. The average Bonchev–Trinajstić information content (AvgIpc) is 2.59. The first-order valence-corrected chi connectivity index (χ1v) is 7.24. The van der Waals surface area contributed by atoms with E-state index in [1.807, 2.05) is 12.1 Å². The van der Waals surface area contributed by atoms with Gasteiger partial charge in [0.1, 0.15) is 5.82 Å². The van der Waals surface area contributed by atoms with Gasteiger partial charge in [0.25, 0.3) is 0 Å². The van der Waals surface area contributed by atoms with E-state index in [0.717, 1.165) is 29.5 Å². The molecule has 0 aromatic heterocycles. The number of hydrogen-bond acceptors (Lipinski definition) is 2. The number of ether oxygens (including phenoxy) is 1. The largest absolute Gasteiger partial charge is 0.465 e. The van der Waals surface area contributed by atoms with Crippen molar-refractivity contribution in [1.29, 1.82) is 0 Å². The van der Waals surface area contributed by atoms with Crippen LogP contribution in [0.4, 0.5) is 10.1 Å². The average molecular weight is 307 g/mol. The molecule has 2 aromatic carbocycles. The molecule has 23 heavy (non-hydrogen) atoms. The predicted octanol–water partition coefficient (Wildman–Crippen LogP) is 4.54. The van der Waals surface area contributed by atoms with Crippen LogP contribution in [0.15, 0.2) is 42.5 Å². The van der Waals surface area contributed by atoms with Crippen molar-refractivity contribution in [3.63, 3.8) is 0 Å². The Labute approximate surface area is 133 Å². The number of para-hydroxylation sites is 1. The number of carbonyl (C=O) groups is 1. The Bertz CT molecular complexity index is 862.